The van der Waals surface area contributed by atoms with Gasteiger partial charge in [0.25, 0.3) is 0 Å². The first-order chi connectivity index (χ1) is 15.0. The molecule has 0 spiro atoms. The van der Waals surface area contributed by atoms with Crippen molar-refractivity contribution in [1.29, 1.82) is 0 Å². The number of carbonyl (C=O) groups is 1. The second-order valence-corrected chi connectivity index (χ2v) is 9.27. The minimum atomic E-state index is 0.130. The predicted octanol–water partition coefficient (Wildman–Crippen LogP) is 4.94. The van der Waals surface area contributed by atoms with E-state index in [-0.39, 0.29) is 5.91 Å². The summed E-state index contributed by atoms with van der Waals surface area (Å²) in [6.45, 7) is 6.18. The molecule has 0 unspecified atom stereocenters. The van der Waals surface area contributed by atoms with Crippen LogP contribution < -0.4 is 0 Å². The maximum Gasteiger partial charge on any atom is 0.223 e. The SMILES string of the molecule is CCc1nc(CN2CCN(C(=O)CCc3ncc(-c4ccc(Cl)cc4Cl)o3)CC2)cs1. The monoisotopic (exact) mass is 478 g/mol. The number of rotatable bonds is 7. The van der Waals surface area contributed by atoms with Gasteiger partial charge in [-0.25, -0.2) is 9.97 Å². The number of halogens is 2. The summed E-state index contributed by atoms with van der Waals surface area (Å²) >= 11 is 13.9. The van der Waals surface area contributed by atoms with E-state index in [0.29, 0.717) is 34.5 Å². The minimum absolute atomic E-state index is 0.130. The lowest BCUT2D eigenvalue weighted by atomic mass is 10.2. The third-order valence-corrected chi connectivity index (χ3v) is 6.91. The molecule has 1 amide bonds. The Morgan fingerprint density at radius 3 is 2.74 bits per heavy atom. The molecule has 1 saturated heterocycles. The summed E-state index contributed by atoms with van der Waals surface area (Å²) in [4.78, 5) is 25.9. The molecule has 4 rings (SSSR count). The average molecular weight is 479 g/mol. The summed E-state index contributed by atoms with van der Waals surface area (Å²) in [5.74, 6) is 1.24. The summed E-state index contributed by atoms with van der Waals surface area (Å²) in [6.07, 6.45) is 3.45. The van der Waals surface area contributed by atoms with E-state index < -0.39 is 0 Å². The van der Waals surface area contributed by atoms with Gasteiger partial charge in [0.15, 0.2) is 11.7 Å². The molecule has 0 N–H and O–H groups in total. The standard InChI is InChI=1S/C22H24Cl2N4O2S/c1-2-21-26-16(14-31-21)13-27-7-9-28(10-8-27)22(29)6-5-20-25-12-19(30-20)17-4-3-15(23)11-18(17)24/h3-4,11-12,14H,2,5-10,13H2,1H3. The Labute approximate surface area is 195 Å². The number of aromatic nitrogens is 2. The molecular formula is C22H24Cl2N4O2S. The zero-order valence-corrected chi connectivity index (χ0v) is 19.6. The van der Waals surface area contributed by atoms with Crippen LogP contribution >= 0.6 is 34.5 Å². The summed E-state index contributed by atoms with van der Waals surface area (Å²) in [7, 11) is 0. The van der Waals surface area contributed by atoms with Crippen molar-refractivity contribution >= 4 is 40.4 Å². The van der Waals surface area contributed by atoms with Gasteiger partial charge >= 0.3 is 0 Å². The van der Waals surface area contributed by atoms with Crippen molar-refractivity contribution in [3.05, 3.63) is 56.4 Å². The molecule has 0 saturated carbocycles. The van der Waals surface area contributed by atoms with Gasteiger partial charge in [-0.1, -0.05) is 30.1 Å². The van der Waals surface area contributed by atoms with E-state index >= 15 is 0 Å². The fourth-order valence-electron chi connectivity index (χ4n) is 3.58. The molecule has 3 heterocycles. The number of amides is 1. The Hall–Kier alpha value is -1.93. The topological polar surface area (TPSA) is 62.5 Å². The zero-order chi connectivity index (χ0) is 21.8. The van der Waals surface area contributed by atoms with E-state index in [2.05, 4.69) is 27.2 Å². The number of piperazine rings is 1. The number of thiazole rings is 1. The molecule has 2 aromatic heterocycles. The molecule has 0 atom stereocenters. The Morgan fingerprint density at radius 1 is 1.23 bits per heavy atom. The van der Waals surface area contributed by atoms with Crippen molar-refractivity contribution in [2.75, 3.05) is 26.2 Å². The maximum atomic E-state index is 12.6. The van der Waals surface area contributed by atoms with E-state index in [0.717, 1.165) is 50.4 Å². The predicted molar refractivity (Wildman–Crippen MR) is 124 cm³/mol. The lowest BCUT2D eigenvalue weighted by Gasteiger charge is -2.34. The third kappa shape index (κ3) is 5.66. The van der Waals surface area contributed by atoms with Crippen LogP contribution in [0.15, 0.2) is 34.2 Å². The summed E-state index contributed by atoms with van der Waals surface area (Å²) in [5, 5.41) is 4.39. The second kappa shape index (κ2) is 10.1. The van der Waals surface area contributed by atoms with Gasteiger partial charge in [-0.15, -0.1) is 11.3 Å². The fraction of sp³-hybridized carbons (Fsp3) is 0.409. The Kier molecular flexibility index (Phi) is 7.27. The van der Waals surface area contributed by atoms with Gasteiger partial charge in [-0.3, -0.25) is 9.69 Å². The van der Waals surface area contributed by atoms with Crippen LogP contribution in [0, 0.1) is 0 Å². The fourth-order valence-corrected chi connectivity index (χ4v) is 4.82. The molecule has 31 heavy (non-hydrogen) atoms. The smallest absolute Gasteiger partial charge is 0.223 e. The van der Waals surface area contributed by atoms with Crippen LogP contribution in [0.4, 0.5) is 0 Å². The third-order valence-electron chi connectivity index (χ3n) is 5.32. The van der Waals surface area contributed by atoms with E-state index in [9.17, 15) is 4.79 Å². The highest BCUT2D eigenvalue weighted by Crippen LogP contribution is 2.31. The molecule has 0 radical (unpaired) electrons. The van der Waals surface area contributed by atoms with Gasteiger partial charge in [0.2, 0.25) is 5.91 Å². The van der Waals surface area contributed by atoms with Crippen LogP contribution in [0.2, 0.25) is 10.0 Å². The highest BCUT2D eigenvalue weighted by Gasteiger charge is 2.22. The number of oxazole rings is 1. The van der Waals surface area contributed by atoms with Gasteiger partial charge in [0.05, 0.1) is 21.9 Å². The van der Waals surface area contributed by atoms with Crippen LogP contribution in [-0.4, -0.2) is 51.9 Å². The van der Waals surface area contributed by atoms with E-state index in [1.54, 1.807) is 35.7 Å². The first kappa shape index (κ1) is 22.3. The lowest BCUT2D eigenvalue weighted by Crippen LogP contribution is -2.48. The maximum absolute atomic E-state index is 12.6. The van der Waals surface area contributed by atoms with Gasteiger partial charge in [0, 0.05) is 61.5 Å². The van der Waals surface area contributed by atoms with Crippen LogP contribution in [0.3, 0.4) is 0 Å². The number of hydrogen-bond donors (Lipinski definition) is 0. The van der Waals surface area contributed by atoms with Crippen molar-refractivity contribution in [2.24, 2.45) is 0 Å². The zero-order valence-electron chi connectivity index (χ0n) is 17.3. The van der Waals surface area contributed by atoms with E-state index in [1.165, 1.54) is 5.01 Å². The molecule has 6 nitrogen and oxygen atoms in total. The molecule has 0 bridgehead atoms. The highest BCUT2D eigenvalue weighted by atomic mass is 35.5. The van der Waals surface area contributed by atoms with Crippen molar-refractivity contribution in [3.63, 3.8) is 0 Å². The molecule has 1 aromatic carbocycles. The molecule has 9 heteroatoms. The van der Waals surface area contributed by atoms with Crippen molar-refractivity contribution < 1.29 is 9.21 Å². The summed E-state index contributed by atoms with van der Waals surface area (Å²) in [5.41, 5.74) is 1.86. The van der Waals surface area contributed by atoms with Crippen molar-refractivity contribution in [2.45, 2.75) is 32.7 Å². The minimum Gasteiger partial charge on any atom is -0.441 e. The molecule has 164 valence electrons. The largest absolute Gasteiger partial charge is 0.441 e. The highest BCUT2D eigenvalue weighted by molar-refractivity contribution is 7.09. The molecule has 1 aliphatic rings. The lowest BCUT2D eigenvalue weighted by molar-refractivity contribution is -0.133. The summed E-state index contributed by atoms with van der Waals surface area (Å²) in [6, 6.07) is 5.22. The summed E-state index contributed by atoms with van der Waals surface area (Å²) < 4.78 is 5.80. The Morgan fingerprint density at radius 2 is 2.03 bits per heavy atom. The van der Waals surface area contributed by atoms with Gasteiger partial charge in [-0.2, -0.15) is 0 Å². The average Bonchev–Trinajstić information content (AvgIpc) is 3.42. The second-order valence-electron chi connectivity index (χ2n) is 7.49. The van der Waals surface area contributed by atoms with Crippen LogP contribution in [-0.2, 0) is 24.2 Å². The van der Waals surface area contributed by atoms with Crippen LogP contribution in [0.1, 0.15) is 29.9 Å². The van der Waals surface area contributed by atoms with Gasteiger partial charge in [0.1, 0.15) is 0 Å². The number of aryl methyl sites for hydroxylation is 2. The normalized spacial score (nSPS) is 14.9. The number of nitrogens with zero attached hydrogens (tertiary/aromatic N) is 4. The van der Waals surface area contributed by atoms with Gasteiger partial charge < -0.3 is 9.32 Å². The molecule has 0 aliphatic carbocycles. The number of carbonyl (C=O) groups excluding carboxylic acids is 1. The Balaban J connectivity index is 1.25. The van der Waals surface area contributed by atoms with E-state index in [4.69, 9.17) is 27.6 Å². The Bertz CT molecular complexity index is 1040. The number of benzene rings is 1. The molecule has 1 aliphatic heterocycles. The van der Waals surface area contributed by atoms with Crippen molar-refractivity contribution in [1.82, 2.24) is 19.8 Å². The number of hydrogen-bond acceptors (Lipinski definition) is 6. The van der Waals surface area contributed by atoms with E-state index in [1.807, 2.05) is 4.90 Å². The van der Waals surface area contributed by atoms with Crippen LogP contribution in [0.5, 0.6) is 0 Å². The quantitative estimate of drug-likeness (QED) is 0.480. The van der Waals surface area contributed by atoms with Crippen LogP contribution in [0.25, 0.3) is 11.3 Å². The molecule has 1 fully saturated rings. The molecule has 3 aromatic rings. The molecular weight excluding hydrogens is 455 g/mol. The van der Waals surface area contributed by atoms with Crippen molar-refractivity contribution in [3.8, 4) is 11.3 Å². The first-order valence-electron chi connectivity index (χ1n) is 10.4. The van der Waals surface area contributed by atoms with Gasteiger partial charge in [-0.05, 0) is 24.6 Å². The first-order valence-corrected chi connectivity index (χ1v) is 12.0.